The second-order valence-corrected chi connectivity index (χ2v) is 8.27. The number of carbonyl (C=O) groups excluding carboxylic acids is 2. The number of aromatic nitrogens is 1. The van der Waals surface area contributed by atoms with Crippen LogP contribution < -0.4 is 4.90 Å². The van der Waals surface area contributed by atoms with Gasteiger partial charge in [-0.3, -0.25) is 9.59 Å². The number of amides is 2. The molecule has 0 spiro atoms. The third kappa shape index (κ3) is 3.83. The molecule has 8 nitrogen and oxygen atoms in total. The Hall–Kier alpha value is -3.48. The summed E-state index contributed by atoms with van der Waals surface area (Å²) in [6, 6.07) is 15.1. The van der Waals surface area contributed by atoms with E-state index in [2.05, 4.69) is 6.07 Å². The molecule has 1 fully saturated rings. The van der Waals surface area contributed by atoms with Crippen LogP contribution in [0.5, 0.6) is 0 Å². The van der Waals surface area contributed by atoms with Gasteiger partial charge < -0.3 is 18.9 Å². The van der Waals surface area contributed by atoms with E-state index >= 15 is 0 Å². The van der Waals surface area contributed by atoms with Crippen molar-refractivity contribution in [2.75, 3.05) is 24.5 Å². The second kappa shape index (κ2) is 8.34. The number of anilines is 1. The quantitative estimate of drug-likeness (QED) is 0.633. The van der Waals surface area contributed by atoms with Crippen LogP contribution in [0.25, 0.3) is 10.9 Å². The van der Waals surface area contributed by atoms with Crippen molar-refractivity contribution in [2.45, 2.75) is 17.9 Å². The lowest BCUT2D eigenvalue weighted by atomic mass is 10.1. The van der Waals surface area contributed by atoms with Crippen LogP contribution >= 0.6 is 0 Å². The van der Waals surface area contributed by atoms with Crippen molar-refractivity contribution in [1.82, 2.24) is 9.47 Å². The van der Waals surface area contributed by atoms with Crippen LogP contribution in [0.3, 0.4) is 0 Å². The number of hydrogen-bond acceptors (Lipinski definition) is 4. The Morgan fingerprint density at radius 1 is 1.16 bits per heavy atom. The van der Waals surface area contributed by atoms with E-state index in [1.165, 1.54) is 12.1 Å². The summed E-state index contributed by atoms with van der Waals surface area (Å²) in [6.45, 7) is 2.46. The van der Waals surface area contributed by atoms with E-state index in [1.54, 1.807) is 47.2 Å². The zero-order chi connectivity index (χ0) is 22.1. The number of hydrogen-bond donors (Lipinski definition) is 1. The summed E-state index contributed by atoms with van der Waals surface area (Å²) in [5.74, 6) is -0.382. The first kappa shape index (κ1) is 20.8. The number of piperazine rings is 1. The lowest BCUT2D eigenvalue weighted by Gasteiger charge is -2.35. The molecule has 1 saturated heterocycles. The fourth-order valence-corrected chi connectivity index (χ4v) is 4.25. The molecule has 0 radical (unpaired) electrons. The molecule has 1 N–H and O–H groups in total. The first-order valence-corrected chi connectivity index (χ1v) is 10.8. The molecule has 0 saturated carbocycles. The van der Waals surface area contributed by atoms with E-state index < -0.39 is 17.1 Å². The smallest absolute Gasteiger partial charge is 0.246 e. The van der Waals surface area contributed by atoms with Crippen LogP contribution in [0, 0.1) is 11.3 Å². The maximum atomic E-state index is 13.1. The van der Waals surface area contributed by atoms with Crippen molar-refractivity contribution >= 4 is 39.5 Å². The predicted molar refractivity (Wildman–Crippen MR) is 116 cm³/mol. The molecule has 0 bridgehead atoms. The first-order chi connectivity index (χ1) is 14.9. The number of fused-ring (bicyclic) bond motifs is 1. The zero-order valence-electron chi connectivity index (χ0n) is 16.8. The van der Waals surface area contributed by atoms with Crippen LogP contribution in [-0.4, -0.2) is 49.7 Å². The van der Waals surface area contributed by atoms with E-state index in [4.69, 9.17) is 4.55 Å². The van der Waals surface area contributed by atoms with Gasteiger partial charge >= 0.3 is 0 Å². The average molecular weight is 436 g/mol. The largest absolute Gasteiger partial charge is 0.335 e. The van der Waals surface area contributed by atoms with E-state index in [0.29, 0.717) is 24.3 Å². The summed E-state index contributed by atoms with van der Waals surface area (Å²) in [6.07, 6.45) is 1.79. The van der Waals surface area contributed by atoms with Crippen molar-refractivity contribution in [3.63, 3.8) is 0 Å². The molecule has 31 heavy (non-hydrogen) atoms. The standard InChI is InChI=1S/C22H20N4O4S/c1-15(25-10-9-19-16(13-23)3-2-4-20(19)25)22(28)24-11-12-26(21(27)14-24)17-5-7-18(8-6-17)31(29)30/h2-10,15H,11-12,14H2,1H3,(H,29,30). The monoisotopic (exact) mass is 436 g/mol. The highest BCUT2D eigenvalue weighted by atomic mass is 32.2. The number of nitriles is 1. The van der Waals surface area contributed by atoms with Gasteiger partial charge in [0.2, 0.25) is 11.8 Å². The van der Waals surface area contributed by atoms with Crippen molar-refractivity contribution < 1.29 is 18.4 Å². The van der Waals surface area contributed by atoms with E-state index in [-0.39, 0.29) is 23.3 Å². The summed E-state index contributed by atoms with van der Waals surface area (Å²) >= 11 is -2.07. The van der Waals surface area contributed by atoms with Crippen LogP contribution in [0.1, 0.15) is 18.5 Å². The molecule has 2 aromatic carbocycles. The average Bonchev–Trinajstić information content (AvgIpc) is 3.22. The highest BCUT2D eigenvalue weighted by Crippen LogP contribution is 2.25. The van der Waals surface area contributed by atoms with Gasteiger partial charge in [0.15, 0.2) is 11.1 Å². The van der Waals surface area contributed by atoms with Gasteiger partial charge in [-0.25, -0.2) is 4.21 Å². The van der Waals surface area contributed by atoms with Crippen molar-refractivity contribution in [1.29, 1.82) is 5.26 Å². The van der Waals surface area contributed by atoms with Gasteiger partial charge in [-0.2, -0.15) is 5.26 Å². The Balaban J connectivity index is 1.49. The molecule has 2 unspecified atom stereocenters. The van der Waals surface area contributed by atoms with Gasteiger partial charge in [0.25, 0.3) is 0 Å². The molecule has 158 valence electrons. The summed E-state index contributed by atoms with van der Waals surface area (Å²) in [4.78, 5) is 29.2. The van der Waals surface area contributed by atoms with Gasteiger partial charge in [0.1, 0.15) is 12.6 Å². The first-order valence-electron chi connectivity index (χ1n) is 9.70. The minimum Gasteiger partial charge on any atom is -0.335 e. The lowest BCUT2D eigenvalue weighted by molar-refractivity contribution is -0.139. The summed E-state index contributed by atoms with van der Waals surface area (Å²) < 4.78 is 22.1. The Bertz CT molecular complexity index is 1230. The van der Waals surface area contributed by atoms with Crippen LogP contribution in [0.15, 0.2) is 59.6 Å². The second-order valence-electron chi connectivity index (χ2n) is 7.30. The molecule has 1 aromatic heterocycles. The van der Waals surface area contributed by atoms with Gasteiger partial charge in [-0.05, 0) is 49.4 Å². The van der Waals surface area contributed by atoms with Gasteiger partial charge in [-0.15, -0.1) is 0 Å². The predicted octanol–water partition coefficient (Wildman–Crippen LogP) is 2.53. The zero-order valence-corrected chi connectivity index (χ0v) is 17.6. The molecule has 2 amide bonds. The maximum Gasteiger partial charge on any atom is 0.246 e. The Morgan fingerprint density at radius 2 is 1.90 bits per heavy atom. The summed E-state index contributed by atoms with van der Waals surface area (Å²) in [5.41, 5.74) is 1.97. The third-order valence-electron chi connectivity index (χ3n) is 5.54. The van der Waals surface area contributed by atoms with E-state index in [0.717, 1.165) is 10.9 Å². The minimum atomic E-state index is -2.07. The normalized spacial score (nSPS) is 16.2. The van der Waals surface area contributed by atoms with E-state index in [1.807, 2.05) is 16.7 Å². The number of carbonyl (C=O) groups is 2. The Morgan fingerprint density at radius 3 is 2.55 bits per heavy atom. The van der Waals surface area contributed by atoms with Crippen LogP contribution in [0.4, 0.5) is 5.69 Å². The third-order valence-corrected chi connectivity index (χ3v) is 6.22. The molecular formula is C22H20N4O4S. The molecule has 4 rings (SSSR count). The van der Waals surface area contributed by atoms with Crippen LogP contribution in [-0.2, 0) is 20.7 Å². The van der Waals surface area contributed by atoms with Crippen molar-refractivity contribution in [2.24, 2.45) is 0 Å². The summed E-state index contributed by atoms with van der Waals surface area (Å²) in [5, 5.41) is 10.1. The van der Waals surface area contributed by atoms with Crippen LogP contribution in [0.2, 0.25) is 0 Å². The highest BCUT2D eigenvalue weighted by molar-refractivity contribution is 7.79. The molecule has 3 aromatic rings. The van der Waals surface area contributed by atoms with Gasteiger partial charge in [0, 0.05) is 30.4 Å². The molecule has 1 aliphatic heterocycles. The Labute approximate surface area is 181 Å². The topological polar surface area (TPSA) is 107 Å². The minimum absolute atomic E-state index is 0.0422. The molecule has 2 heterocycles. The van der Waals surface area contributed by atoms with Gasteiger partial charge in [-0.1, -0.05) is 6.07 Å². The highest BCUT2D eigenvalue weighted by Gasteiger charge is 2.31. The molecule has 2 atom stereocenters. The fourth-order valence-electron chi connectivity index (χ4n) is 3.88. The van der Waals surface area contributed by atoms with Crippen molar-refractivity contribution in [3.8, 4) is 6.07 Å². The fraction of sp³-hybridized carbons (Fsp3) is 0.227. The SMILES string of the molecule is CC(C(=O)N1CCN(c2ccc(S(=O)O)cc2)C(=O)C1)n1ccc2c(C#N)cccc21. The summed E-state index contributed by atoms with van der Waals surface area (Å²) in [7, 11) is 0. The lowest BCUT2D eigenvalue weighted by Crippen LogP contribution is -2.53. The number of nitrogens with zero attached hydrogens (tertiary/aromatic N) is 4. The molecule has 0 aliphatic carbocycles. The number of benzene rings is 2. The van der Waals surface area contributed by atoms with E-state index in [9.17, 15) is 19.1 Å². The Kier molecular flexibility index (Phi) is 5.59. The molecule has 1 aliphatic rings. The molecular weight excluding hydrogens is 416 g/mol. The number of rotatable bonds is 4. The molecule has 9 heteroatoms. The van der Waals surface area contributed by atoms with Crippen molar-refractivity contribution in [3.05, 3.63) is 60.3 Å². The maximum absolute atomic E-state index is 13.1. The van der Waals surface area contributed by atoms with Gasteiger partial charge in [0.05, 0.1) is 22.0 Å².